The molecule has 1 atom stereocenters. The number of hydrogen-bond acceptors (Lipinski definition) is 2. The Hall–Kier alpha value is -2.33. The van der Waals surface area contributed by atoms with E-state index in [-0.39, 0.29) is 24.3 Å². The molecule has 2 aromatic rings. The summed E-state index contributed by atoms with van der Waals surface area (Å²) in [5.41, 5.74) is 2.90. The van der Waals surface area contributed by atoms with Gasteiger partial charge >= 0.3 is 0 Å². The van der Waals surface area contributed by atoms with Crippen LogP contribution in [-0.2, 0) is 22.6 Å². The molecule has 0 spiro atoms. The Morgan fingerprint density at radius 1 is 1.14 bits per heavy atom. The summed E-state index contributed by atoms with van der Waals surface area (Å²) in [4.78, 5) is 27.8. The molecule has 1 aliphatic carbocycles. The number of amides is 2. The van der Waals surface area contributed by atoms with Gasteiger partial charge in [0.2, 0.25) is 11.8 Å². The molecule has 2 aromatic carbocycles. The third-order valence-corrected chi connectivity index (χ3v) is 5.97. The van der Waals surface area contributed by atoms with Gasteiger partial charge < -0.3 is 10.2 Å². The minimum Gasteiger partial charge on any atom is -0.352 e. The topological polar surface area (TPSA) is 49.4 Å². The molecule has 0 heterocycles. The fraction of sp³-hybridized carbons (Fsp3) is 0.417. The summed E-state index contributed by atoms with van der Waals surface area (Å²) in [6.07, 6.45) is 4.58. The maximum atomic E-state index is 13.2. The summed E-state index contributed by atoms with van der Waals surface area (Å²) in [7, 11) is 0. The molecular weight excluding hydrogens is 384 g/mol. The van der Waals surface area contributed by atoms with Crippen LogP contribution in [0.5, 0.6) is 0 Å². The molecule has 3 rings (SSSR count). The lowest BCUT2D eigenvalue weighted by Crippen LogP contribution is -2.50. The Balaban J connectivity index is 1.78. The summed E-state index contributed by atoms with van der Waals surface area (Å²) < 4.78 is 0. The molecule has 1 fully saturated rings. The van der Waals surface area contributed by atoms with Crippen LogP contribution in [-0.4, -0.2) is 28.8 Å². The number of hydrogen-bond donors (Lipinski definition) is 1. The zero-order valence-electron chi connectivity index (χ0n) is 17.2. The fourth-order valence-corrected chi connectivity index (χ4v) is 4.08. The van der Waals surface area contributed by atoms with Gasteiger partial charge in [-0.3, -0.25) is 9.59 Å². The van der Waals surface area contributed by atoms with Crippen molar-refractivity contribution in [3.63, 3.8) is 0 Å². The van der Waals surface area contributed by atoms with Gasteiger partial charge in [0, 0.05) is 17.6 Å². The second-order valence-corrected chi connectivity index (χ2v) is 8.35. The number of carbonyl (C=O) groups excluding carboxylic acids is 2. The highest BCUT2D eigenvalue weighted by atomic mass is 35.5. The highest BCUT2D eigenvalue weighted by Gasteiger charge is 2.28. The standard InChI is InChI=1S/C24H29ClN2O2/c1-17-8-7-9-19(14-17)15-23(28)27(16-20-10-3-6-13-22(20)25)18(2)24(29)26-21-11-4-5-12-21/h3,6-10,13-14,18,21H,4-5,11-12,15-16H2,1-2H3,(H,26,29)/t18-/m0/s1. The molecule has 29 heavy (non-hydrogen) atoms. The molecular formula is C24H29ClN2O2. The summed E-state index contributed by atoms with van der Waals surface area (Å²) in [6, 6.07) is 15.0. The van der Waals surface area contributed by atoms with Crippen molar-refractivity contribution in [2.24, 2.45) is 0 Å². The average molecular weight is 413 g/mol. The number of rotatable bonds is 7. The number of halogens is 1. The van der Waals surface area contributed by atoms with Crippen LogP contribution in [0.4, 0.5) is 0 Å². The van der Waals surface area contributed by atoms with Gasteiger partial charge in [0.1, 0.15) is 6.04 Å². The van der Waals surface area contributed by atoms with E-state index in [9.17, 15) is 9.59 Å². The third kappa shape index (κ3) is 5.83. The summed E-state index contributed by atoms with van der Waals surface area (Å²) in [6.45, 7) is 4.12. The van der Waals surface area contributed by atoms with Crippen molar-refractivity contribution in [2.75, 3.05) is 0 Å². The monoisotopic (exact) mass is 412 g/mol. The van der Waals surface area contributed by atoms with Crippen LogP contribution in [0.1, 0.15) is 49.3 Å². The molecule has 1 aliphatic rings. The van der Waals surface area contributed by atoms with Crippen molar-refractivity contribution in [3.05, 3.63) is 70.2 Å². The lowest BCUT2D eigenvalue weighted by Gasteiger charge is -2.30. The Bertz CT molecular complexity index is 861. The Morgan fingerprint density at radius 2 is 1.86 bits per heavy atom. The predicted molar refractivity (Wildman–Crippen MR) is 117 cm³/mol. The number of benzene rings is 2. The van der Waals surface area contributed by atoms with Gasteiger partial charge in [0.15, 0.2) is 0 Å². The van der Waals surface area contributed by atoms with Crippen molar-refractivity contribution in [3.8, 4) is 0 Å². The molecule has 0 bridgehead atoms. The van der Waals surface area contributed by atoms with Gasteiger partial charge in [0.05, 0.1) is 6.42 Å². The summed E-state index contributed by atoms with van der Waals surface area (Å²) in [5, 5.41) is 3.72. The number of nitrogens with one attached hydrogen (secondary N) is 1. The minimum atomic E-state index is -0.566. The van der Waals surface area contributed by atoms with E-state index in [1.165, 1.54) is 0 Å². The summed E-state index contributed by atoms with van der Waals surface area (Å²) >= 11 is 6.34. The molecule has 2 amide bonds. The first-order chi connectivity index (χ1) is 13.9. The van der Waals surface area contributed by atoms with Gasteiger partial charge in [-0.15, -0.1) is 0 Å². The van der Waals surface area contributed by atoms with E-state index in [1.807, 2.05) is 55.5 Å². The molecule has 0 aliphatic heterocycles. The Labute approximate surface area is 178 Å². The minimum absolute atomic E-state index is 0.0791. The zero-order chi connectivity index (χ0) is 20.8. The number of nitrogens with zero attached hydrogens (tertiary/aromatic N) is 1. The normalized spacial score (nSPS) is 15.1. The van der Waals surface area contributed by atoms with Crippen molar-refractivity contribution in [1.29, 1.82) is 0 Å². The molecule has 5 heteroatoms. The average Bonchev–Trinajstić information content (AvgIpc) is 3.19. The van der Waals surface area contributed by atoms with Crippen LogP contribution < -0.4 is 5.32 Å². The third-order valence-electron chi connectivity index (χ3n) is 5.61. The molecule has 0 saturated heterocycles. The largest absolute Gasteiger partial charge is 0.352 e. The first-order valence-corrected chi connectivity index (χ1v) is 10.7. The van der Waals surface area contributed by atoms with Crippen molar-refractivity contribution >= 4 is 23.4 Å². The van der Waals surface area contributed by atoms with E-state index in [1.54, 1.807) is 11.8 Å². The molecule has 0 aromatic heterocycles. The maximum absolute atomic E-state index is 13.2. The second kappa shape index (κ2) is 9.93. The highest BCUT2D eigenvalue weighted by molar-refractivity contribution is 6.31. The van der Waals surface area contributed by atoms with Crippen LogP contribution >= 0.6 is 11.6 Å². The molecule has 154 valence electrons. The van der Waals surface area contributed by atoms with Gasteiger partial charge in [-0.05, 0) is 43.9 Å². The Morgan fingerprint density at radius 3 is 2.55 bits per heavy atom. The van der Waals surface area contributed by atoms with Crippen LogP contribution in [0, 0.1) is 6.92 Å². The van der Waals surface area contributed by atoms with Crippen LogP contribution in [0.15, 0.2) is 48.5 Å². The maximum Gasteiger partial charge on any atom is 0.242 e. The van der Waals surface area contributed by atoms with E-state index in [0.717, 1.165) is 42.4 Å². The van der Waals surface area contributed by atoms with Gasteiger partial charge in [-0.2, -0.15) is 0 Å². The fourth-order valence-electron chi connectivity index (χ4n) is 3.88. The molecule has 0 unspecified atom stereocenters. The van der Waals surface area contributed by atoms with Crippen molar-refractivity contribution in [2.45, 2.75) is 64.6 Å². The Kier molecular flexibility index (Phi) is 7.32. The first-order valence-electron chi connectivity index (χ1n) is 10.3. The van der Waals surface area contributed by atoms with Crippen LogP contribution in [0.3, 0.4) is 0 Å². The second-order valence-electron chi connectivity index (χ2n) is 7.94. The van der Waals surface area contributed by atoms with Gasteiger partial charge in [0.25, 0.3) is 0 Å². The first kappa shape index (κ1) is 21.4. The molecule has 4 nitrogen and oxygen atoms in total. The molecule has 0 radical (unpaired) electrons. The van der Waals surface area contributed by atoms with Crippen molar-refractivity contribution in [1.82, 2.24) is 10.2 Å². The van der Waals surface area contributed by atoms with E-state index in [2.05, 4.69) is 5.32 Å². The van der Waals surface area contributed by atoms with Crippen LogP contribution in [0.2, 0.25) is 5.02 Å². The van der Waals surface area contributed by atoms with E-state index in [4.69, 9.17) is 11.6 Å². The lowest BCUT2D eigenvalue weighted by molar-refractivity contribution is -0.140. The van der Waals surface area contributed by atoms with Crippen LogP contribution in [0.25, 0.3) is 0 Å². The lowest BCUT2D eigenvalue weighted by atomic mass is 10.1. The zero-order valence-corrected chi connectivity index (χ0v) is 17.9. The van der Waals surface area contributed by atoms with Gasteiger partial charge in [-0.1, -0.05) is 72.5 Å². The highest BCUT2D eigenvalue weighted by Crippen LogP contribution is 2.21. The molecule has 1 saturated carbocycles. The number of aryl methyl sites for hydroxylation is 1. The van der Waals surface area contributed by atoms with Gasteiger partial charge in [-0.25, -0.2) is 0 Å². The molecule has 1 N–H and O–H groups in total. The van der Waals surface area contributed by atoms with E-state index >= 15 is 0 Å². The number of carbonyl (C=O) groups is 2. The summed E-state index contributed by atoms with van der Waals surface area (Å²) in [5.74, 6) is -0.175. The SMILES string of the molecule is Cc1cccc(CC(=O)N(Cc2ccccc2Cl)[C@@H](C)C(=O)NC2CCCC2)c1. The van der Waals surface area contributed by atoms with E-state index in [0.29, 0.717) is 11.6 Å². The quantitative estimate of drug-likeness (QED) is 0.718. The smallest absolute Gasteiger partial charge is 0.242 e. The predicted octanol–water partition coefficient (Wildman–Crippen LogP) is 4.67. The van der Waals surface area contributed by atoms with E-state index < -0.39 is 6.04 Å². The van der Waals surface area contributed by atoms with Crippen molar-refractivity contribution < 1.29 is 9.59 Å².